The summed E-state index contributed by atoms with van der Waals surface area (Å²) in [6, 6.07) is 6.06. The molecule has 3 heteroatoms. The van der Waals surface area contributed by atoms with Gasteiger partial charge in [-0.05, 0) is 36.8 Å². The first-order chi connectivity index (χ1) is 6.33. The molecule has 0 aromatic heterocycles. The molecule has 1 aliphatic rings. The van der Waals surface area contributed by atoms with Gasteiger partial charge in [-0.25, -0.2) is 4.57 Å². The van der Waals surface area contributed by atoms with E-state index in [2.05, 4.69) is 6.07 Å². The summed E-state index contributed by atoms with van der Waals surface area (Å²) in [7, 11) is -0.262. The van der Waals surface area contributed by atoms with Crippen molar-refractivity contribution < 1.29 is 9.09 Å². The minimum absolute atomic E-state index is 0.262. The molecule has 1 aromatic carbocycles. The molecule has 2 rings (SSSR count). The van der Waals surface area contributed by atoms with Gasteiger partial charge < -0.3 is 4.52 Å². The van der Waals surface area contributed by atoms with Gasteiger partial charge in [-0.15, -0.1) is 0 Å². The van der Waals surface area contributed by atoms with Crippen molar-refractivity contribution in [2.45, 2.75) is 25.7 Å². The Labute approximate surface area is 79.2 Å². The molecule has 0 saturated heterocycles. The molecule has 1 saturated carbocycles. The van der Waals surface area contributed by atoms with Crippen LogP contribution in [0.25, 0.3) is 0 Å². The van der Waals surface area contributed by atoms with Gasteiger partial charge in [0.2, 0.25) is 0 Å². The fourth-order valence-electron chi connectivity index (χ4n) is 1.55. The molecule has 2 nitrogen and oxygen atoms in total. The summed E-state index contributed by atoms with van der Waals surface area (Å²) in [6.45, 7) is 1.98. The smallest absolute Gasteiger partial charge is 0.395 e. The van der Waals surface area contributed by atoms with Crippen LogP contribution in [0.4, 0.5) is 0 Å². The highest BCUT2D eigenvalue weighted by atomic mass is 31.1. The van der Waals surface area contributed by atoms with E-state index in [0.717, 1.165) is 11.3 Å². The molecule has 0 radical (unpaired) electrons. The van der Waals surface area contributed by atoms with Gasteiger partial charge in [-0.1, -0.05) is 18.2 Å². The van der Waals surface area contributed by atoms with Gasteiger partial charge in [0.25, 0.3) is 0 Å². The molecule has 13 heavy (non-hydrogen) atoms. The van der Waals surface area contributed by atoms with Crippen molar-refractivity contribution in [2.75, 3.05) is 0 Å². The Hall–Kier alpha value is -0.880. The molecule has 0 atom stereocenters. The maximum atomic E-state index is 10.4. The van der Waals surface area contributed by atoms with Crippen molar-refractivity contribution in [1.82, 2.24) is 0 Å². The van der Waals surface area contributed by atoms with E-state index in [-0.39, 0.29) is 8.69 Å². The zero-order chi connectivity index (χ0) is 9.26. The van der Waals surface area contributed by atoms with Crippen molar-refractivity contribution in [2.24, 2.45) is 0 Å². The van der Waals surface area contributed by atoms with E-state index >= 15 is 0 Å². The van der Waals surface area contributed by atoms with Crippen molar-refractivity contribution in [3.05, 3.63) is 29.3 Å². The van der Waals surface area contributed by atoms with Crippen molar-refractivity contribution in [3.63, 3.8) is 0 Å². The zero-order valence-corrected chi connectivity index (χ0v) is 8.38. The summed E-state index contributed by atoms with van der Waals surface area (Å²) in [6.07, 6.45) is 2.46. The van der Waals surface area contributed by atoms with Gasteiger partial charge in [0.15, 0.2) is 0 Å². The van der Waals surface area contributed by atoms with Crippen molar-refractivity contribution in [1.29, 1.82) is 0 Å². The fraction of sp³-hybridized carbons (Fsp3) is 0.400. The van der Waals surface area contributed by atoms with Crippen LogP contribution in [0.1, 0.15) is 29.9 Å². The molecule has 1 aliphatic carbocycles. The lowest BCUT2D eigenvalue weighted by atomic mass is 10.1. The highest BCUT2D eigenvalue weighted by molar-refractivity contribution is 7.17. The summed E-state index contributed by atoms with van der Waals surface area (Å²) in [5, 5.41) is 0. The third kappa shape index (κ3) is 1.73. The summed E-state index contributed by atoms with van der Waals surface area (Å²) in [5.41, 5.74) is 2.27. The Morgan fingerprint density at radius 2 is 2.23 bits per heavy atom. The number of hydrogen-bond donors (Lipinski definition) is 0. The van der Waals surface area contributed by atoms with Crippen molar-refractivity contribution in [3.8, 4) is 5.75 Å². The van der Waals surface area contributed by atoms with E-state index in [0.29, 0.717) is 5.92 Å². The fourth-order valence-corrected chi connectivity index (χ4v) is 1.88. The summed E-state index contributed by atoms with van der Waals surface area (Å²) < 4.78 is 15.5. The Morgan fingerprint density at radius 3 is 2.85 bits per heavy atom. The van der Waals surface area contributed by atoms with Gasteiger partial charge in [-0.2, -0.15) is 0 Å². The predicted octanol–water partition coefficient (Wildman–Crippen LogP) is 3.46. The molecule has 1 aromatic rings. The quantitative estimate of drug-likeness (QED) is 0.689. The average Bonchev–Trinajstić information content (AvgIpc) is 2.92. The Kier molecular flexibility index (Phi) is 2.32. The number of benzene rings is 1. The van der Waals surface area contributed by atoms with E-state index in [1.54, 1.807) is 0 Å². The Balaban J connectivity index is 2.40. The second kappa shape index (κ2) is 3.47. The SMILES string of the molecule is Cc1cccc(C2CC2)c1OP=O. The van der Waals surface area contributed by atoms with Crippen LogP contribution in [0.15, 0.2) is 18.2 Å². The van der Waals surface area contributed by atoms with Crippen LogP contribution in [0, 0.1) is 6.92 Å². The lowest BCUT2D eigenvalue weighted by molar-refractivity contribution is 0.520. The van der Waals surface area contributed by atoms with Crippen LogP contribution in [0.2, 0.25) is 0 Å². The van der Waals surface area contributed by atoms with Gasteiger partial charge >= 0.3 is 8.69 Å². The van der Waals surface area contributed by atoms with Crippen LogP contribution in [0.5, 0.6) is 5.75 Å². The van der Waals surface area contributed by atoms with Crippen LogP contribution >= 0.6 is 8.69 Å². The van der Waals surface area contributed by atoms with E-state index in [1.165, 1.54) is 18.4 Å². The number of rotatable bonds is 3. The van der Waals surface area contributed by atoms with Crippen LogP contribution < -0.4 is 4.52 Å². The predicted molar refractivity (Wildman–Crippen MR) is 51.4 cm³/mol. The molecule has 0 N–H and O–H groups in total. The molecule has 68 valence electrons. The second-order valence-electron chi connectivity index (χ2n) is 3.43. The van der Waals surface area contributed by atoms with Gasteiger partial charge in [0, 0.05) is 0 Å². The van der Waals surface area contributed by atoms with Gasteiger partial charge in [-0.3, -0.25) is 0 Å². The van der Waals surface area contributed by atoms with Crippen LogP contribution in [-0.4, -0.2) is 0 Å². The normalized spacial score (nSPS) is 16.1. The minimum Gasteiger partial charge on any atom is -0.407 e. The molecule has 0 unspecified atom stereocenters. The lowest BCUT2D eigenvalue weighted by Gasteiger charge is -2.07. The molecular formula is C10H11O2P. The lowest BCUT2D eigenvalue weighted by Crippen LogP contribution is -1.88. The molecule has 0 amide bonds. The third-order valence-corrected chi connectivity index (χ3v) is 2.65. The number of para-hydroxylation sites is 1. The number of hydrogen-bond acceptors (Lipinski definition) is 2. The van der Waals surface area contributed by atoms with Crippen LogP contribution in [-0.2, 0) is 4.57 Å². The Bertz CT molecular complexity index is 332. The first-order valence-electron chi connectivity index (χ1n) is 4.42. The minimum atomic E-state index is -0.262. The van der Waals surface area contributed by atoms with Crippen molar-refractivity contribution >= 4 is 8.69 Å². The molecule has 0 bridgehead atoms. The van der Waals surface area contributed by atoms with Crippen LogP contribution in [0.3, 0.4) is 0 Å². The molecular weight excluding hydrogens is 183 g/mol. The van der Waals surface area contributed by atoms with Gasteiger partial charge in [0.05, 0.1) is 0 Å². The van der Waals surface area contributed by atoms with E-state index < -0.39 is 0 Å². The third-order valence-electron chi connectivity index (χ3n) is 2.39. The zero-order valence-electron chi connectivity index (χ0n) is 7.49. The molecule has 0 spiro atoms. The average molecular weight is 194 g/mol. The van der Waals surface area contributed by atoms with Gasteiger partial charge in [0.1, 0.15) is 5.75 Å². The monoisotopic (exact) mass is 194 g/mol. The largest absolute Gasteiger partial charge is 0.407 e. The van der Waals surface area contributed by atoms with E-state index in [1.807, 2.05) is 19.1 Å². The van der Waals surface area contributed by atoms with E-state index in [9.17, 15) is 4.57 Å². The first kappa shape index (κ1) is 8.71. The maximum absolute atomic E-state index is 10.4. The summed E-state index contributed by atoms with van der Waals surface area (Å²) >= 11 is 0. The standard InChI is InChI=1S/C10H11O2P/c1-7-3-2-4-9(8-5-6-8)10(7)12-13-11/h2-4,8H,5-6H2,1H3. The first-order valence-corrected chi connectivity index (χ1v) is 5.15. The molecule has 0 heterocycles. The second-order valence-corrected chi connectivity index (χ2v) is 3.77. The molecule has 1 fully saturated rings. The maximum Gasteiger partial charge on any atom is 0.395 e. The highest BCUT2D eigenvalue weighted by Crippen LogP contribution is 2.45. The topological polar surface area (TPSA) is 26.3 Å². The number of aryl methyl sites for hydroxylation is 1. The summed E-state index contributed by atoms with van der Waals surface area (Å²) in [4.78, 5) is 0. The summed E-state index contributed by atoms with van der Waals surface area (Å²) in [5.74, 6) is 1.44. The Morgan fingerprint density at radius 1 is 1.46 bits per heavy atom. The molecule has 0 aliphatic heterocycles. The highest BCUT2D eigenvalue weighted by Gasteiger charge is 2.27. The van der Waals surface area contributed by atoms with E-state index in [4.69, 9.17) is 4.52 Å².